The van der Waals surface area contributed by atoms with E-state index in [0.29, 0.717) is 21.8 Å². The summed E-state index contributed by atoms with van der Waals surface area (Å²) in [5, 5.41) is 3.41. The Hall–Kier alpha value is -2.33. The fourth-order valence-corrected chi connectivity index (χ4v) is 2.91. The van der Waals surface area contributed by atoms with Crippen molar-refractivity contribution < 1.29 is 9.59 Å². The van der Waals surface area contributed by atoms with Crippen LogP contribution >= 0.6 is 11.6 Å². The second-order valence-electron chi connectivity index (χ2n) is 5.89. The molecule has 2 aromatic rings. The molecule has 1 aliphatic rings. The molecule has 1 saturated heterocycles. The van der Waals surface area contributed by atoms with E-state index in [-0.39, 0.29) is 11.8 Å². The van der Waals surface area contributed by atoms with Crippen LogP contribution in [-0.2, 0) is 0 Å². The third-order valence-corrected chi connectivity index (χ3v) is 4.39. The largest absolute Gasteiger partial charge is 0.339 e. The summed E-state index contributed by atoms with van der Waals surface area (Å²) in [6, 6.07) is 13.7. The minimum Gasteiger partial charge on any atom is -0.339 e. The Morgan fingerprint density at radius 1 is 0.833 bits per heavy atom. The van der Waals surface area contributed by atoms with E-state index >= 15 is 0 Å². The lowest BCUT2D eigenvalue weighted by molar-refractivity contribution is 0.0724. The molecule has 5 heteroatoms. The predicted molar refractivity (Wildman–Crippen MR) is 95.6 cm³/mol. The van der Waals surface area contributed by atoms with Crippen LogP contribution < -0.4 is 5.32 Å². The first kappa shape index (κ1) is 16.5. The summed E-state index contributed by atoms with van der Waals surface area (Å²) in [5.41, 5.74) is 1.85. The first-order valence-corrected chi connectivity index (χ1v) is 8.47. The van der Waals surface area contributed by atoms with Gasteiger partial charge in [0.25, 0.3) is 11.8 Å². The maximum absolute atomic E-state index is 12.4. The van der Waals surface area contributed by atoms with E-state index in [9.17, 15) is 9.59 Å². The van der Waals surface area contributed by atoms with Crippen LogP contribution in [0.5, 0.6) is 0 Å². The zero-order valence-corrected chi connectivity index (χ0v) is 14.1. The van der Waals surface area contributed by atoms with Gasteiger partial charge in [0.15, 0.2) is 0 Å². The number of piperidine rings is 1. The van der Waals surface area contributed by atoms with Crippen LogP contribution in [-0.4, -0.2) is 29.8 Å². The third-order valence-electron chi connectivity index (χ3n) is 4.14. The Labute approximate surface area is 146 Å². The van der Waals surface area contributed by atoms with E-state index in [1.807, 2.05) is 4.90 Å². The Balaban J connectivity index is 1.64. The van der Waals surface area contributed by atoms with Crippen LogP contribution in [0.1, 0.15) is 40.0 Å². The molecule has 0 bridgehead atoms. The second kappa shape index (κ2) is 7.49. The number of anilines is 1. The summed E-state index contributed by atoms with van der Waals surface area (Å²) in [6.07, 6.45) is 3.33. The summed E-state index contributed by atoms with van der Waals surface area (Å²) in [4.78, 5) is 26.5. The van der Waals surface area contributed by atoms with Crippen molar-refractivity contribution in [1.82, 2.24) is 4.90 Å². The van der Waals surface area contributed by atoms with Gasteiger partial charge in [-0.05, 0) is 67.8 Å². The molecular weight excluding hydrogens is 324 g/mol. The number of halogens is 1. The average molecular weight is 343 g/mol. The third kappa shape index (κ3) is 3.95. The van der Waals surface area contributed by atoms with Crippen molar-refractivity contribution in [3.8, 4) is 0 Å². The van der Waals surface area contributed by atoms with Gasteiger partial charge in [-0.15, -0.1) is 0 Å². The lowest BCUT2D eigenvalue weighted by Crippen LogP contribution is -2.35. The maximum Gasteiger partial charge on any atom is 0.255 e. The molecule has 1 heterocycles. The molecule has 0 aromatic heterocycles. The van der Waals surface area contributed by atoms with Crippen LogP contribution in [0.3, 0.4) is 0 Å². The van der Waals surface area contributed by atoms with Crippen molar-refractivity contribution in [1.29, 1.82) is 0 Å². The number of amides is 2. The molecule has 0 saturated carbocycles. The van der Waals surface area contributed by atoms with Crippen molar-refractivity contribution in [2.24, 2.45) is 0 Å². The molecule has 1 N–H and O–H groups in total. The maximum atomic E-state index is 12.4. The Morgan fingerprint density at radius 3 is 2.04 bits per heavy atom. The van der Waals surface area contributed by atoms with E-state index in [2.05, 4.69) is 5.32 Å². The van der Waals surface area contributed by atoms with Crippen LogP contribution in [0.4, 0.5) is 5.69 Å². The highest BCUT2D eigenvalue weighted by Gasteiger charge is 2.18. The molecule has 1 fully saturated rings. The Morgan fingerprint density at radius 2 is 1.42 bits per heavy atom. The topological polar surface area (TPSA) is 49.4 Å². The van der Waals surface area contributed by atoms with E-state index in [1.54, 1.807) is 48.5 Å². The predicted octanol–water partition coefficient (Wildman–Crippen LogP) is 4.22. The molecule has 0 aliphatic carbocycles. The molecule has 0 spiro atoms. The first-order valence-electron chi connectivity index (χ1n) is 8.10. The number of rotatable bonds is 3. The summed E-state index contributed by atoms with van der Waals surface area (Å²) < 4.78 is 0. The molecule has 0 atom stereocenters. The fourth-order valence-electron chi connectivity index (χ4n) is 2.78. The lowest BCUT2D eigenvalue weighted by atomic mass is 10.1. The molecular formula is C19H19ClN2O2. The number of nitrogens with zero attached hydrogens (tertiary/aromatic N) is 1. The van der Waals surface area contributed by atoms with Gasteiger partial charge in [0.05, 0.1) is 0 Å². The zero-order chi connectivity index (χ0) is 16.9. The highest BCUT2D eigenvalue weighted by atomic mass is 35.5. The van der Waals surface area contributed by atoms with Gasteiger partial charge < -0.3 is 10.2 Å². The van der Waals surface area contributed by atoms with Crippen LogP contribution in [0.25, 0.3) is 0 Å². The fraction of sp³-hybridized carbons (Fsp3) is 0.263. The Bertz CT molecular complexity index is 720. The van der Waals surface area contributed by atoms with Crippen molar-refractivity contribution >= 4 is 29.1 Å². The molecule has 2 aromatic carbocycles. The van der Waals surface area contributed by atoms with Gasteiger partial charge in [0, 0.05) is 34.9 Å². The highest BCUT2D eigenvalue weighted by molar-refractivity contribution is 6.30. The van der Waals surface area contributed by atoms with Gasteiger partial charge in [0.2, 0.25) is 0 Å². The van der Waals surface area contributed by atoms with E-state index in [4.69, 9.17) is 11.6 Å². The molecule has 2 amide bonds. The standard InChI is InChI=1S/C19H19ClN2O2/c20-16-8-4-14(5-9-16)18(23)21-17-10-6-15(7-11-17)19(24)22-12-2-1-3-13-22/h4-11H,1-3,12-13H2,(H,21,23). The number of hydrogen-bond donors (Lipinski definition) is 1. The molecule has 3 rings (SSSR count). The summed E-state index contributed by atoms with van der Waals surface area (Å²) in [7, 11) is 0. The Kier molecular flexibility index (Phi) is 5.16. The van der Waals surface area contributed by atoms with Gasteiger partial charge in [-0.25, -0.2) is 0 Å². The van der Waals surface area contributed by atoms with Crippen molar-refractivity contribution in [2.75, 3.05) is 18.4 Å². The van der Waals surface area contributed by atoms with Gasteiger partial charge in [0.1, 0.15) is 0 Å². The van der Waals surface area contributed by atoms with Crippen molar-refractivity contribution in [3.63, 3.8) is 0 Å². The highest BCUT2D eigenvalue weighted by Crippen LogP contribution is 2.17. The molecule has 0 radical (unpaired) electrons. The molecule has 124 valence electrons. The minimum atomic E-state index is -0.207. The first-order chi connectivity index (χ1) is 11.6. The minimum absolute atomic E-state index is 0.0604. The van der Waals surface area contributed by atoms with Gasteiger partial charge >= 0.3 is 0 Å². The molecule has 0 unspecified atom stereocenters. The van der Waals surface area contributed by atoms with E-state index < -0.39 is 0 Å². The number of nitrogens with one attached hydrogen (secondary N) is 1. The summed E-state index contributed by atoms with van der Waals surface area (Å²) in [6.45, 7) is 1.65. The van der Waals surface area contributed by atoms with Crippen LogP contribution in [0.15, 0.2) is 48.5 Å². The second-order valence-corrected chi connectivity index (χ2v) is 6.33. The van der Waals surface area contributed by atoms with E-state index in [0.717, 1.165) is 25.9 Å². The quantitative estimate of drug-likeness (QED) is 0.908. The normalized spacial score (nSPS) is 14.3. The summed E-state index contributed by atoms with van der Waals surface area (Å²) >= 11 is 5.82. The van der Waals surface area contributed by atoms with Crippen LogP contribution in [0.2, 0.25) is 5.02 Å². The van der Waals surface area contributed by atoms with Gasteiger partial charge in [-0.3, -0.25) is 9.59 Å². The monoisotopic (exact) mass is 342 g/mol. The summed E-state index contributed by atoms with van der Waals surface area (Å²) in [5.74, 6) is -0.146. The smallest absolute Gasteiger partial charge is 0.255 e. The number of benzene rings is 2. The van der Waals surface area contributed by atoms with Crippen molar-refractivity contribution in [2.45, 2.75) is 19.3 Å². The SMILES string of the molecule is O=C(Nc1ccc(C(=O)N2CCCCC2)cc1)c1ccc(Cl)cc1. The van der Waals surface area contributed by atoms with Gasteiger partial charge in [-0.1, -0.05) is 11.6 Å². The average Bonchev–Trinajstić information content (AvgIpc) is 2.63. The number of carbonyl (C=O) groups excluding carboxylic acids is 2. The van der Waals surface area contributed by atoms with E-state index in [1.165, 1.54) is 6.42 Å². The van der Waals surface area contributed by atoms with Crippen molar-refractivity contribution in [3.05, 3.63) is 64.7 Å². The molecule has 1 aliphatic heterocycles. The number of carbonyl (C=O) groups is 2. The molecule has 24 heavy (non-hydrogen) atoms. The zero-order valence-electron chi connectivity index (χ0n) is 13.3. The van der Waals surface area contributed by atoms with Crippen LogP contribution in [0, 0.1) is 0 Å². The number of likely N-dealkylation sites (tertiary alicyclic amines) is 1. The van der Waals surface area contributed by atoms with Gasteiger partial charge in [-0.2, -0.15) is 0 Å². The molecule has 4 nitrogen and oxygen atoms in total. The number of hydrogen-bond acceptors (Lipinski definition) is 2. The lowest BCUT2D eigenvalue weighted by Gasteiger charge is -2.26.